The molecule has 0 spiro atoms. The molecular formula is C8H13Cl3N2O2. The molecule has 1 aliphatic heterocycles. The van der Waals surface area contributed by atoms with E-state index < -0.39 is 16.0 Å². The summed E-state index contributed by atoms with van der Waals surface area (Å²) < 4.78 is 8.70. The van der Waals surface area contributed by atoms with Gasteiger partial charge in [0.1, 0.15) is 0 Å². The van der Waals surface area contributed by atoms with Crippen molar-refractivity contribution in [3.63, 3.8) is 0 Å². The third-order valence-electron chi connectivity index (χ3n) is 2.08. The van der Waals surface area contributed by atoms with Crippen LogP contribution in [0, 0.1) is 5.41 Å². The first kappa shape index (κ1) is 13.3. The molecule has 0 aromatic carbocycles. The van der Waals surface area contributed by atoms with Crippen LogP contribution in [0.25, 0.3) is 0 Å². The lowest BCUT2D eigenvalue weighted by Crippen LogP contribution is -2.37. The lowest BCUT2D eigenvalue weighted by Gasteiger charge is -2.30. The van der Waals surface area contributed by atoms with E-state index in [4.69, 9.17) is 55.4 Å². The van der Waals surface area contributed by atoms with Crippen LogP contribution in [-0.4, -0.2) is 28.6 Å². The fraction of sp³-hybridized carbons (Fsp3) is 0.875. The van der Waals surface area contributed by atoms with Gasteiger partial charge in [-0.05, 0) is 12.8 Å². The van der Waals surface area contributed by atoms with Gasteiger partial charge in [0.2, 0.25) is 12.2 Å². The second-order valence-corrected chi connectivity index (χ2v) is 5.58. The van der Waals surface area contributed by atoms with Crippen LogP contribution in [0.15, 0.2) is 0 Å². The van der Waals surface area contributed by atoms with Crippen LogP contribution >= 0.6 is 34.8 Å². The number of hydrogen-bond acceptors (Lipinski definition) is 4. The highest BCUT2D eigenvalue weighted by molar-refractivity contribution is 6.76. The van der Waals surface area contributed by atoms with E-state index in [1.165, 1.54) is 0 Å². The first-order valence-corrected chi connectivity index (χ1v) is 5.75. The molecule has 1 aliphatic rings. The fourth-order valence-corrected chi connectivity index (χ4v) is 1.45. The van der Waals surface area contributed by atoms with E-state index in [1.807, 2.05) is 0 Å². The molecule has 0 aromatic rings. The van der Waals surface area contributed by atoms with Gasteiger partial charge in [-0.25, -0.2) is 0 Å². The van der Waals surface area contributed by atoms with E-state index in [-0.39, 0.29) is 6.10 Å². The Bertz CT molecular complexity index is 232. The molecule has 0 saturated carbocycles. The zero-order valence-electron chi connectivity index (χ0n) is 8.01. The summed E-state index contributed by atoms with van der Waals surface area (Å²) in [6.07, 6.45) is 1.94. The van der Waals surface area contributed by atoms with Gasteiger partial charge in [-0.1, -0.05) is 34.8 Å². The summed E-state index contributed by atoms with van der Waals surface area (Å²) in [5, 5.41) is 7.37. The maximum Gasteiger partial charge on any atom is 0.265 e. The summed E-state index contributed by atoms with van der Waals surface area (Å²) in [5.74, 6) is -0.421. The summed E-state index contributed by atoms with van der Waals surface area (Å²) in [7, 11) is 0. The van der Waals surface area contributed by atoms with Crippen LogP contribution in [0.2, 0.25) is 0 Å². The summed E-state index contributed by atoms with van der Waals surface area (Å²) in [4.78, 5) is 0. The summed E-state index contributed by atoms with van der Waals surface area (Å²) >= 11 is 16.4. The van der Waals surface area contributed by atoms with Crippen LogP contribution < -0.4 is 5.73 Å². The first-order chi connectivity index (χ1) is 6.93. The van der Waals surface area contributed by atoms with Crippen LogP contribution in [0.1, 0.15) is 19.3 Å². The van der Waals surface area contributed by atoms with Crippen molar-refractivity contribution >= 4 is 40.7 Å². The molecule has 3 N–H and O–H groups in total. The second-order valence-electron chi connectivity index (χ2n) is 3.30. The standard InChI is InChI=1S/C8H13Cl3N2O2/c9-8(10,11)7(13)15-6-3-1-2-5(4-12)14-6/h5-6,13H,1-4,12H2. The van der Waals surface area contributed by atoms with Crippen molar-refractivity contribution in [2.75, 3.05) is 6.54 Å². The molecule has 2 unspecified atom stereocenters. The van der Waals surface area contributed by atoms with Crippen LogP contribution in [-0.2, 0) is 9.47 Å². The zero-order valence-corrected chi connectivity index (χ0v) is 10.3. The average molecular weight is 276 g/mol. The molecule has 1 heterocycles. The van der Waals surface area contributed by atoms with Crippen molar-refractivity contribution in [3.05, 3.63) is 0 Å². The minimum atomic E-state index is -1.83. The zero-order chi connectivity index (χ0) is 11.5. The maximum atomic E-state index is 7.37. The molecule has 0 aromatic heterocycles. The SMILES string of the molecule is N=C(OC1CCCC(CN)O1)C(Cl)(Cl)Cl. The third kappa shape index (κ3) is 4.33. The number of hydrogen-bond donors (Lipinski definition) is 2. The quantitative estimate of drug-likeness (QED) is 0.461. The topological polar surface area (TPSA) is 68.3 Å². The monoisotopic (exact) mass is 274 g/mol. The van der Waals surface area contributed by atoms with Crippen LogP contribution in [0.4, 0.5) is 0 Å². The van der Waals surface area contributed by atoms with E-state index in [1.54, 1.807) is 0 Å². The molecule has 1 saturated heterocycles. The molecule has 2 atom stereocenters. The van der Waals surface area contributed by atoms with Gasteiger partial charge < -0.3 is 15.2 Å². The summed E-state index contributed by atoms with van der Waals surface area (Å²) in [6, 6.07) is 0. The number of nitrogens with two attached hydrogens (primary N) is 1. The number of nitrogens with one attached hydrogen (secondary N) is 1. The molecule has 0 bridgehead atoms. The summed E-state index contributed by atoms with van der Waals surface area (Å²) in [6.45, 7) is 0.432. The molecule has 1 rings (SSSR count). The predicted octanol–water partition coefficient (Wildman–Crippen LogP) is 2.20. The number of halogens is 3. The lowest BCUT2D eigenvalue weighted by atomic mass is 10.1. The highest BCUT2D eigenvalue weighted by Crippen LogP contribution is 2.30. The summed E-state index contributed by atoms with van der Waals surface area (Å²) in [5.41, 5.74) is 5.47. The van der Waals surface area contributed by atoms with Gasteiger partial charge >= 0.3 is 0 Å². The van der Waals surface area contributed by atoms with Crippen molar-refractivity contribution < 1.29 is 9.47 Å². The van der Waals surface area contributed by atoms with E-state index in [0.29, 0.717) is 13.0 Å². The average Bonchev–Trinajstić information content (AvgIpc) is 2.16. The predicted molar refractivity (Wildman–Crippen MR) is 60.7 cm³/mol. The molecular weight excluding hydrogens is 262 g/mol. The Kier molecular flexibility index (Phi) is 4.93. The maximum absolute atomic E-state index is 7.37. The smallest absolute Gasteiger partial charge is 0.265 e. The van der Waals surface area contributed by atoms with E-state index in [2.05, 4.69) is 0 Å². The molecule has 15 heavy (non-hydrogen) atoms. The van der Waals surface area contributed by atoms with E-state index in [0.717, 1.165) is 12.8 Å². The Morgan fingerprint density at radius 3 is 2.67 bits per heavy atom. The van der Waals surface area contributed by atoms with Crippen molar-refractivity contribution in [2.24, 2.45) is 5.73 Å². The molecule has 0 amide bonds. The van der Waals surface area contributed by atoms with Gasteiger partial charge in [-0.3, -0.25) is 5.41 Å². The minimum Gasteiger partial charge on any atom is -0.448 e. The number of ether oxygens (including phenoxy) is 2. The fourth-order valence-electron chi connectivity index (χ4n) is 1.32. The van der Waals surface area contributed by atoms with Crippen LogP contribution in [0.5, 0.6) is 0 Å². The van der Waals surface area contributed by atoms with Crippen LogP contribution in [0.3, 0.4) is 0 Å². The van der Waals surface area contributed by atoms with Gasteiger partial charge in [0.25, 0.3) is 3.79 Å². The Morgan fingerprint density at radius 1 is 1.47 bits per heavy atom. The second kappa shape index (κ2) is 5.55. The molecule has 88 valence electrons. The largest absolute Gasteiger partial charge is 0.448 e. The Morgan fingerprint density at radius 2 is 2.13 bits per heavy atom. The highest BCUT2D eigenvalue weighted by Gasteiger charge is 2.32. The molecule has 0 radical (unpaired) electrons. The third-order valence-corrected chi connectivity index (χ3v) is 2.59. The number of alkyl halides is 3. The van der Waals surface area contributed by atoms with Gasteiger partial charge in [-0.2, -0.15) is 0 Å². The van der Waals surface area contributed by atoms with Gasteiger partial charge in [-0.15, -0.1) is 0 Å². The molecule has 0 aliphatic carbocycles. The normalized spacial score (nSPS) is 27.5. The van der Waals surface area contributed by atoms with Gasteiger partial charge in [0, 0.05) is 13.0 Å². The Labute approximate surface area is 103 Å². The van der Waals surface area contributed by atoms with Crippen molar-refractivity contribution in [3.8, 4) is 0 Å². The Balaban J connectivity index is 2.41. The first-order valence-electron chi connectivity index (χ1n) is 4.61. The van der Waals surface area contributed by atoms with E-state index in [9.17, 15) is 0 Å². The van der Waals surface area contributed by atoms with Crippen molar-refractivity contribution in [1.29, 1.82) is 5.41 Å². The Hall–Kier alpha value is 0.260. The molecule has 1 fully saturated rings. The van der Waals surface area contributed by atoms with Gasteiger partial charge in [0.05, 0.1) is 6.10 Å². The minimum absolute atomic E-state index is 0.0353. The van der Waals surface area contributed by atoms with Crippen molar-refractivity contribution in [1.82, 2.24) is 0 Å². The molecule has 4 nitrogen and oxygen atoms in total. The lowest BCUT2D eigenvalue weighted by molar-refractivity contribution is -0.151. The van der Waals surface area contributed by atoms with E-state index >= 15 is 0 Å². The van der Waals surface area contributed by atoms with Crippen molar-refractivity contribution in [2.45, 2.75) is 35.4 Å². The number of rotatable bonds is 2. The molecule has 7 heteroatoms. The van der Waals surface area contributed by atoms with Gasteiger partial charge in [0.15, 0.2) is 0 Å². The highest BCUT2D eigenvalue weighted by atomic mass is 35.6.